The number of fused-ring (bicyclic) bond motifs is 1. The predicted octanol–water partition coefficient (Wildman–Crippen LogP) is 4.84. The van der Waals surface area contributed by atoms with E-state index in [2.05, 4.69) is 43.3 Å². The van der Waals surface area contributed by atoms with Gasteiger partial charge in [0.25, 0.3) is 0 Å². The van der Waals surface area contributed by atoms with E-state index in [9.17, 15) is 5.11 Å². The lowest BCUT2D eigenvalue weighted by Crippen LogP contribution is -2.33. The van der Waals surface area contributed by atoms with Gasteiger partial charge in [0.05, 0.1) is 6.61 Å². The monoisotopic (exact) mass is 309 g/mol. The molecule has 0 saturated carbocycles. The largest absolute Gasteiger partial charge is 0.392 e. The zero-order chi connectivity index (χ0) is 16.7. The van der Waals surface area contributed by atoms with E-state index in [1.54, 1.807) is 0 Å². The third-order valence-corrected chi connectivity index (χ3v) is 4.65. The number of aliphatic hydroxyl groups excluding tert-OH is 1. The maximum atomic E-state index is 9.24. The molecule has 0 amide bonds. The highest BCUT2D eigenvalue weighted by atomic mass is 16.2. The number of allylic oxidation sites excluding steroid dienone is 4. The first-order chi connectivity index (χ1) is 11.2. The minimum Gasteiger partial charge on any atom is -0.392 e. The van der Waals surface area contributed by atoms with Crippen molar-refractivity contribution in [1.82, 2.24) is 0 Å². The van der Waals surface area contributed by atoms with Gasteiger partial charge < -0.3 is 10.4 Å². The van der Waals surface area contributed by atoms with E-state index in [1.165, 1.54) is 11.3 Å². The highest BCUT2D eigenvalue weighted by Gasteiger charge is 2.34. The molecule has 2 heteroatoms. The number of anilines is 1. The maximum absolute atomic E-state index is 9.24. The maximum Gasteiger partial charge on any atom is 0.0618 e. The standard InChI is InChI=1S/C21H27NO/c1-4-7-17(10-15-23)18-8-9-19-20(16-18)22-14-13-21(19,11-5-2)12-6-3/h4-6,8-10,16,22-23H,1-3,7,11-15H2/b17-10-. The van der Waals surface area contributed by atoms with Gasteiger partial charge in [-0.05, 0) is 48.4 Å². The number of hydrogen-bond donors (Lipinski definition) is 2. The predicted molar refractivity (Wildman–Crippen MR) is 101 cm³/mol. The second-order valence-corrected chi connectivity index (χ2v) is 6.11. The summed E-state index contributed by atoms with van der Waals surface area (Å²) < 4.78 is 0. The van der Waals surface area contributed by atoms with Crippen molar-refractivity contribution < 1.29 is 5.11 Å². The summed E-state index contributed by atoms with van der Waals surface area (Å²) in [7, 11) is 0. The van der Waals surface area contributed by atoms with Gasteiger partial charge in [0.2, 0.25) is 0 Å². The van der Waals surface area contributed by atoms with Gasteiger partial charge in [-0.15, -0.1) is 19.7 Å². The molecule has 2 N–H and O–H groups in total. The van der Waals surface area contributed by atoms with Crippen LogP contribution in [-0.2, 0) is 5.41 Å². The number of hydrogen-bond acceptors (Lipinski definition) is 2. The fraction of sp³-hybridized carbons (Fsp3) is 0.333. The summed E-state index contributed by atoms with van der Waals surface area (Å²) >= 11 is 0. The van der Waals surface area contributed by atoms with Gasteiger partial charge in [0.15, 0.2) is 0 Å². The van der Waals surface area contributed by atoms with E-state index in [1.807, 2.05) is 24.3 Å². The average molecular weight is 309 g/mol. The van der Waals surface area contributed by atoms with Crippen molar-refractivity contribution in [2.75, 3.05) is 18.5 Å². The van der Waals surface area contributed by atoms with Crippen LogP contribution < -0.4 is 5.32 Å². The van der Waals surface area contributed by atoms with Crippen molar-refractivity contribution in [3.63, 3.8) is 0 Å². The van der Waals surface area contributed by atoms with Gasteiger partial charge in [-0.2, -0.15) is 0 Å². The fourth-order valence-corrected chi connectivity index (χ4v) is 3.57. The molecular weight excluding hydrogens is 282 g/mol. The second-order valence-electron chi connectivity index (χ2n) is 6.11. The van der Waals surface area contributed by atoms with Gasteiger partial charge in [-0.1, -0.05) is 36.4 Å². The Balaban J connectivity index is 2.46. The summed E-state index contributed by atoms with van der Waals surface area (Å²) in [5.74, 6) is 0. The van der Waals surface area contributed by atoms with Gasteiger partial charge in [0, 0.05) is 17.6 Å². The Labute approximate surface area is 139 Å². The van der Waals surface area contributed by atoms with E-state index in [0.717, 1.165) is 43.4 Å². The Morgan fingerprint density at radius 3 is 2.52 bits per heavy atom. The SMILES string of the molecule is C=CC/C(=C/CO)c1ccc2c(c1)NCCC2(CC=C)CC=C. The third-order valence-electron chi connectivity index (χ3n) is 4.65. The molecule has 0 atom stereocenters. The smallest absolute Gasteiger partial charge is 0.0618 e. The van der Waals surface area contributed by atoms with Crippen LogP contribution in [0.3, 0.4) is 0 Å². The Morgan fingerprint density at radius 2 is 1.91 bits per heavy atom. The van der Waals surface area contributed by atoms with Gasteiger partial charge in [-0.25, -0.2) is 0 Å². The van der Waals surface area contributed by atoms with E-state index >= 15 is 0 Å². The zero-order valence-electron chi connectivity index (χ0n) is 13.9. The molecule has 0 aromatic heterocycles. The van der Waals surface area contributed by atoms with Crippen LogP contribution in [0.5, 0.6) is 0 Å². The molecule has 23 heavy (non-hydrogen) atoms. The van der Waals surface area contributed by atoms with Crippen molar-refractivity contribution in [3.8, 4) is 0 Å². The molecule has 0 saturated heterocycles. The molecular formula is C21H27NO. The van der Waals surface area contributed by atoms with Crippen molar-refractivity contribution in [1.29, 1.82) is 0 Å². The normalized spacial score (nSPS) is 16.1. The summed E-state index contributed by atoms with van der Waals surface area (Å²) in [5, 5.41) is 12.8. The van der Waals surface area contributed by atoms with Crippen LogP contribution in [0.15, 0.2) is 62.2 Å². The van der Waals surface area contributed by atoms with Crippen molar-refractivity contribution >= 4 is 11.3 Å². The molecule has 0 aliphatic carbocycles. The molecule has 2 nitrogen and oxygen atoms in total. The Hall–Kier alpha value is -2.06. The summed E-state index contributed by atoms with van der Waals surface area (Å²) in [6.07, 6.45) is 11.5. The molecule has 1 aliphatic heterocycles. The molecule has 0 unspecified atom stereocenters. The van der Waals surface area contributed by atoms with Crippen molar-refractivity contribution in [2.45, 2.75) is 31.1 Å². The summed E-state index contributed by atoms with van der Waals surface area (Å²) in [4.78, 5) is 0. The number of rotatable bonds is 8. The van der Waals surface area contributed by atoms with Crippen LogP contribution in [0, 0.1) is 0 Å². The molecule has 0 spiro atoms. The molecule has 2 rings (SSSR count). The van der Waals surface area contributed by atoms with Crippen LogP contribution in [0.2, 0.25) is 0 Å². The fourth-order valence-electron chi connectivity index (χ4n) is 3.57. The quantitative estimate of drug-likeness (QED) is 0.673. The summed E-state index contributed by atoms with van der Waals surface area (Å²) in [5.41, 5.74) is 4.87. The van der Waals surface area contributed by atoms with Crippen LogP contribution in [-0.4, -0.2) is 18.3 Å². The first-order valence-corrected chi connectivity index (χ1v) is 8.22. The lowest BCUT2D eigenvalue weighted by Gasteiger charge is -2.39. The Morgan fingerprint density at radius 1 is 1.17 bits per heavy atom. The molecule has 1 aliphatic rings. The van der Waals surface area contributed by atoms with Crippen LogP contribution >= 0.6 is 0 Å². The number of benzene rings is 1. The van der Waals surface area contributed by atoms with E-state index in [-0.39, 0.29) is 12.0 Å². The van der Waals surface area contributed by atoms with Crippen molar-refractivity contribution in [3.05, 3.63) is 73.4 Å². The molecule has 0 bridgehead atoms. The van der Waals surface area contributed by atoms with Crippen LogP contribution in [0.25, 0.3) is 5.57 Å². The lowest BCUT2D eigenvalue weighted by atomic mass is 9.69. The van der Waals surface area contributed by atoms with Crippen LogP contribution in [0.1, 0.15) is 36.8 Å². The first kappa shape index (κ1) is 17.3. The Kier molecular flexibility index (Phi) is 6.00. The average Bonchev–Trinajstić information content (AvgIpc) is 2.55. The minimum absolute atomic E-state index is 0.0462. The van der Waals surface area contributed by atoms with E-state index in [4.69, 9.17) is 0 Å². The van der Waals surface area contributed by atoms with Gasteiger partial charge in [-0.3, -0.25) is 0 Å². The molecule has 0 fully saturated rings. The van der Waals surface area contributed by atoms with Crippen molar-refractivity contribution in [2.24, 2.45) is 0 Å². The zero-order valence-corrected chi connectivity index (χ0v) is 13.9. The topological polar surface area (TPSA) is 32.3 Å². The molecule has 1 aromatic rings. The number of aliphatic hydroxyl groups is 1. The minimum atomic E-state index is 0.0462. The van der Waals surface area contributed by atoms with Gasteiger partial charge >= 0.3 is 0 Å². The lowest BCUT2D eigenvalue weighted by molar-refractivity contribution is 0.343. The molecule has 122 valence electrons. The summed E-state index contributed by atoms with van der Waals surface area (Å²) in [6.45, 7) is 12.7. The number of nitrogens with one attached hydrogen (secondary N) is 1. The van der Waals surface area contributed by atoms with Crippen LogP contribution in [0.4, 0.5) is 5.69 Å². The highest BCUT2D eigenvalue weighted by molar-refractivity contribution is 5.72. The third kappa shape index (κ3) is 3.65. The van der Waals surface area contributed by atoms with Gasteiger partial charge in [0.1, 0.15) is 0 Å². The highest BCUT2D eigenvalue weighted by Crippen LogP contribution is 2.44. The molecule has 1 aromatic carbocycles. The second kappa shape index (κ2) is 7.98. The van der Waals surface area contributed by atoms with E-state index < -0.39 is 0 Å². The summed E-state index contributed by atoms with van der Waals surface area (Å²) in [6, 6.07) is 6.57. The van der Waals surface area contributed by atoms with E-state index in [0.29, 0.717) is 0 Å². The first-order valence-electron chi connectivity index (χ1n) is 8.22. The Bertz CT molecular complexity index is 602. The molecule has 0 radical (unpaired) electrons. The molecule has 1 heterocycles.